The standard InChI is InChI=1S/C6H9N3OS/c7-4-9-6(10)5-3-11-2-1-8-5/h5,8H,1-3H2,(H,9,10). The van der Waals surface area contributed by atoms with Crippen LogP contribution in [0.5, 0.6) is 0 Å². The molecule has 0 saturated carbocycles. The molecule has 1 rings (SSSR count). The number of hydrogen-bond acceptors (Lipinski definition) is 4. The number of carbonyl (C=O) groups is 1. The third-order valence-corrected chi connectivity index (χ3v) is 2.48. The molecule has 0 radical (unpaired) electrons. The fraction of sp³-hybridized carbons (Fsp3) is 0.667. The second-order valence-corrected chi connectivity index (χ2v) is 3.33. The van der Waals surface area contributed by atoms with Crippen LogP contribution in [0.2, 0.25) is 0 Å². The first-order chi connectivity index (χ1) is 5.34. The summed E-state index contributed by atoms with van der Waals surface area (Å²) in [7, 11) is 0. The first kappa shape index (κ1) is 8.37. The van der Waals surface area contributed by atoms with E-state index in [1.54, 1.807) is 18.0 Å². The Morgan fingerprint density at radius 3 is 3.18 bits per heavy atom. The van der Waals surface area contributed by atoms with Crippen molar-refractivity contribution in [2.24, 2.45) is 0 Å². The topological polar surface area (TPSA) is 64.9 Å². The highest BCUT2D eigenvalue weighted by atomic mass is 32.2. The normalized spacial score (nSPS) is 23.7. The van der Waals surface area contributed by atoms with E-state index in [9.17, 15) is 4.79 Å². The molecule has 1 unspecified atom stereocenters. The maximum Gasteiger partial charge on any atom is 0.250 e. The van der Waals surface area contributed by atoms with Gasteiger partial charge in [-0.05, 0) is 0 Å². The van der Waals surface area contributed by atoms with Gasteiger partial charge in [0.15, 0.2) is 6.19 Å². The van der Waals surface area contributed by atoms with Gasteiger partial charge >= 0.3 is 0 Å². The van der Waals surface area contributed by atoms with Crippen LogP contribution >= 0.6 is 11.8 Å². The molecule has 2 N–H and O–H groups in total. The largest absolute Gasteiger partial charge is 0.304 e. The fourth-order valence-electron chi connectivity index (χ4n) is 0.876. The molecule has 0 aromatic rings. The third-order valence-electron chi connectivity index (χ3n) is 1.42. The van der Waals surface area contributed by atoms with Gasteiger partial charge < -0.3 is 5.32 Å². The van der Waals surface area contributed by atoms with E-state index in [1.807, 2.05) is 0 Å². The summed E-state index contributed by atoms with van der Waals surface area (Å²) in [5, 5.41) is 13.3. The summed E-state index contributed by atoms with van der Waals surface area (Å²) in [6.07, 6.45) is 1.62. The minimum atomic E-state index is -0.222. The minimum absolute atomic E-state index is 0.187. The first-order valence-electron chi connectivity index (χ1n) is 3.34. The Morgan fingerprint density at radius 2 is 2.64 bits per heavy atom. The Kier molecular flexibility index (Phi) is 3.20. The molecule has 1 heterocycles. The zero-order valence-electron chi connectivity index (χ0n) is 5.96. The van der Waals surface area contributed by atoms with Crippen molar-refractivity contribution in [3.05, 3.63) is 0 Å². The van der Waals surface area contributed by atoms with Crippen molar-refractivity contribution < 1.29 is 4.79 Å². The number of thioether (sulfide) groups is 1. The lowest BCUT2D eigenvalue weighted by atomic mass is 10.3. The van der Waals surface area contributed by atoms with E-state index in [0.717, 1.165) is 18.1 Å². The molecular weight excluding hydrogens is 162 g/mol. The summed E-state index contributed by atoms with van der Waals surface area (Å²) in [6.45, 7) is 0.841. The molecule has 1 aliphatic rings. The SMILES string of the molecule is N#CNC(=O)C1CSCCN1. The van der Waals surface area contributed by atoms with E-state index in [0.29, 0.717) is 0 Å². The monoisotopic (exact) mass is 171 g/mol. The highest BCUT2D eigenvalue weighted by Crippen LogP contribution is 2.06. The van der Waals surface area contributed by atoms with Crippen LogP contribution < -0.4 is 10.6 Å². The molecule has 0 aromatic carbocycles. The Morgan fingerprint density at radius 1 is 1.82 bits per heavy atom. The quantitative estimate of drug-likeness (QED) is 0.404. The van der Waals surface area contributed by atoms with Crippen molar-refractivity contribution in [2.45, 2.75) is 6.04 Å². The number of nitrogens with one attached hydrogen (secondary N) is 2. The number of carbonyl (C=O) groups excluding carboxylic acids is 1. The predicted octanol–water partition coefficient (Wildman–Crippen LogP) is -0.711. The molecule has 0 aromatic heterocycles. The van der Waals surface area contributed by atoms with Crippen molar-refractivity contribution in [2.75, 3.05) is 18.1 Å². The lowest BCUT2D eigenvalue weighted by Gasteiger charge is -2.20. The third kappa shape index (κ3) is 2.41. The van der Waals surface area contributed by atoms with E-state index in [2.05, 4.69) is 10.6 Å². The van der Waals surface area contributed by atoms with E-state index in [1.165, 1.54) is 0 Å². The number of rotatable bonds is 1. The smallest absolute Gasteiger partial charge is 0.250 e. The Hall–Kier alpha value is -0.730. The molecule has 60 valence electrons. The van der Waals surface area contributed by atoms with E-state index in [4.69, 9.17) is 5.26 Å². The number of nitrogens with zero attached hydrogens (tertiary/aromatic N) is 1. The van der Waals surface area contributed by atoms with Gasteiger partial charge in [0.05, 0.1) is 6.04 Å². The van der Waals surface area contributed by atoms with Crippen molar-refractivity contribution in [1.29, 1.82) is 5.26 Å². The number of hydrogen-bond donors (Lipinski definition) is 2. The zero-order valence-corrected chi connectivity index (χ0v) is 6.78. The maximum absolute atomic E-state index is 11.0. The average molecular weight is 171 g/mol. The van der Waals surface area contributed by atoms with Crippen LogP contribution in [0.15, 0.2) is 0 Å². The Labute approximate surface area is 69.3 Å². The highest BCUT2D eigenvalue weighted by Gasteiger charge is 2.19. The van der Waals surface area contributed by atoms with Gasteiger partial charge in [0.2, 0.25) is 0 Å². The Bertz CT molecular complexity index is 183. The van der Waals surface area contributed by atoms with E-state index in [-0.39, 0.29) is 11.9 Å². The van der Waals surface area contributed by atoms with Crippen LogP contribution in [0, 0.1) is 11.5 Å². The van der Waals surface area contributed by atoms with Gasteiger partial charge in [0, 0.05) is 18.1 Å². The molecule has 0 aliphatic carbocycles. The summed E-state index contributed by atoms with van der Waals surface area (Å²) in [5.74, 6) is 1.57. The molecule has 5 heteroatoms. The fourth-order valence-corrected chi connectivity index (χ4v) is 1.81. The summed E-state index contributed by atoms with van der Waals surface area (Å²) < 4.78 is 0. The van der Waals surface area contributed by atoms with Crippen LogP contribution in [0.4, 0.5) is 0 Å². The first-order valence-corrected chi connectivity index (χ1v) is 4.50. The summed E-state index contributed by atoms with van der Waals surface area (Å²) >= 11 is 1.72. The van der Waals surface area contributed by atoms with Gasteiger partial charge in [0.25, 0.3) is 5.91 Å². The summed E-state index contributed by atoms with van der Waals surface area (Å²) in [6, 6.07) is -0.187. The number of nitriles is 1. The van der Waals surface area contributed by atoms with Gasteiger partial charge in [-0.15, -0.1) is 0 Å². The lowest BCUT2D eigenvalue weighted by molar-refractivity contribution is -0.121. The van der Waals surface area contributed by atoms with Crippen molar-refractivity contribution in [3.63, 3.8) is 0 Å². The highest BCUT2D eigenvalue weighted by molar-refractivity contribution is 7.99. The van der Waals surface area contributed by atoms with Crippen LogP contribution in [0.3, 0.4) is 0 Å². The van der Waals surface area contributed by atoms with E-state index < -0.39 is 0 Å². The maximum atomic E-state index is 11.0. The minimum Gasteiger partial charge on any atom is -0.304 e. The van der Waals surface area contributed by atoms with Gasteiger partial charge in [0.1, 0.15) is 0 Å². The summed E-state index contributed by atoms with van der Waals surface area (Å²) in [4.78, 5) is 11.0. The molecule has 1 saturated heterocycles. The van der Waals surface area contributed by atoms with E-state index >= 15 is 0 Å². The van der Waals surface area contributed by atoms with Gasteiger partial charge in [-0.1, -0.05) is 0 Å². The molecule has 11 heavy (non-hydrogen) atoms. The predicted molar refractivity (Wildman–Crippen MR) is 42.9 cm³/mol. The van der Waals surface area contributed by atoms with Crippen LogP contribution in [0.1, 0.15) is 0 Å². The van der Waals surface area contributed by atoms with Crippen molar-refractivity contribution in [3.8, 4) is 6.19 Å². The molecule has 1 fully saturated rings. The second-order valence-electron chi connectivity index (χ2n) is 2.18. The number of amides is 1. The summed E-state index contributed by atoms with van der Waals surface area (Å²) in [5.41, 5.74) is 0. The lowest BCUT2D eigenvalue weighted by Crippen LogP contribution is -2.47. The van der Waals surface area contributed by atoms with Crippen LogP contribution in [-0.2, 0) is 4.79 Å². The molecule has 0 spiro atoms. The van der Waals surface area contributed by atoms with Gasteiger partial charge in [-0.2, -0.15) is 17.0 Å². The molecule has 4 nitrogen and oxygen atoms in total. The van der Waals surface area contributed by atoms with Gasteiger partial charge in [-0.3, -0.25) is 10.1 Å². The van der Waals surface area contributed by atoms with Crippen molar-refractivity contribution >= 4 is 17.7 Å². The second kappa shape index (κ2) is 4.21. The molecule has 1 aliphatic heterocycles. The molecular formula is C6H9N3OS. The average Bonchev–Trinajstić information content (AvgIpc) is 2.07. The van der Waals surface area contributed by atoms with Crippen LogP contribution in [0.25, 0.3) is 0 Å². The van der Waals surface area contributed by atoms with Crippen molar-refractivity contribution in [1.82, 2.24) is 10.6 Å². The molecule has 1 atom stereocenters. The molecule has 1 amide bonds. The van der Waals surface area contributed by atoms with Gasteiger partial charge in [-0.25, -0.2) is 0 Å². The zero-order chi connectivity index (χ0) is 8.10. The van der Waals surface area contributed by atoms with Crippen LogP contribution in [-0.4, -0.2) is 30.0 Å². The Balaban J connectivity index is 2.34. The molecule has 0 bridgehead atoms.